The second kappa shape index (κ2) is 11.0. The van der Waals surface area contributed by atoms with Crippen molar-refractivity contribution >= 4 is 22.8 Å². The van der Waals surface area contributed by atoms with E-state index < -0.39 is 6.61 Å². The van der Waals surface area contributed by atoms with E-state index in [0.717, 1.165) is 22.0 Å². The minimum atomic E-state index is -2.98. The zero-order chi connectivity index (χ0) is 27.5. The first kappa shape index (κ1) is 26.0. The average molecular weight is 532 g/mol. The fourth-order valence-electron chi connectivity index (χ4n) is 5.01. The molecule has 9 nitrogen and oxygen atoms in total. The van der Waals surface area contributed by atoms with Crippen molar-refractivity contribution in [3.05, 3.63) is 66.1 Å². The molecule has 39 heavy (non-hydrogen) atoms. The Balaban J connectivity index is 1.41. The molecule has 1 aliphatic heterocycles. The molecule has 1 aliphatic rings. The number of carbonyl (C=O) groups excluding carboxylic acids is 1. The average Bonchev–Trinajstić information content (AvgIpc) is 3.32. The van der Waals surface area contributed by atoms with Crippen molar-refractivity contribution < 1.29 is 18.3 Å². The highest BCUT2D eigenvalue weighted by Gasteiger charge is 2.26. The summed E-state index contributed by atoms with van der Waals surface area (Å²) in [6, 6.07) is 12.8. The number of fused-ring (bicyclic) bond motifs is 1. The quantitative estimate of drug-likeness (QED) is 0.351. The van der Waals surface area contributed by atoms with E-state index in [2.05, 4.69) is 26.0 Å². The number of hydrogen-bond acceptors (Lipinski definition) is 7. The van der Waals surface area contributed by atoms with Gasteiger partial charge in [-0.25, -0.2) is 9.97 Å². The first-order chi connectivity index (χ1) is 18.8. The van der Waals surface area contributed by atoms with E-state index in [1.165, 1.54) is 6.07 Å². The number of nitriles is 1. The highest BCUT2D eigenvalue weighted by Crippen LogP contribution is 2.29. The van der Waals surface area contributed by atoms with Gasteiger partial charge in [0.05, 0.1) is 30.7 Å². The van der Waals surface area contributed by atoms with Crippen molar-refractivity contribution in [3.8, 4) is 22.9 Å². The van der Waals surface area contributed by atoms with Gasteiger partial charge in [0.1, 0.15) is 5.75 Å². The fraction of sp³-hybridized carbons (Fsp3) is 0.321. The predicted molar refractivity (Wildman–Crippen MR) is 141 cm³/mol. The summed E-state index contributed by atoms with van der Waals surface area (Å²) in [7, 11) is 0. The van der Waals surface area contributed by atoms with Gasteiger partial charge in [0.2, 0.25) is 11.9 Å². The number of rotatable bonds is 7. The van der Waals surface area contributed by atoms with Crippen LogP contribution in [0.5, 0.6) is 5.75 Å². The highest BCUT2D eigenvalue weighted by molar-refractivity contribution is 5.84. The van der Waals surface area contributed by atoms with Crippen LogP contribution in [0.3, 0.4) is 0 Å². The Morgan fingerprint density at radius 1 is 1.15 bits per heavy atom. The molecule has 0 N–H and O–H groups in total. The molecule has 2 aromatic heterocycles. The number of anilines is 1. The van der Waals surface area contributed by atoms with E-state index in [9.17, 15) is 18.8 Å². The van der Waals surface area contributed by atoms with E-state index in [-0.39, 0.29) is 30.7 Å². The number of nitrogens with zero attached hydrogens (tertiary/aromatic N) is 7. The third-order valence-corrected chi connectivity index (χ3v) is 6.95. The maximum atomic E-state index is 13.1. The second-order valence-corrected chi connectivity index (χ2v) is 9.46. The van der Waals surface area contributed by atoms with Crippen molar-refractivity contribution in [2.45, 2.75) is 39.5 Å². The number of amides is 1. The van der Waals surface area contributed by atoms with Crippen LogP contribution in [-0.2, 0) is 17.8 Å². The topological polar surface area (TPSA) is 100 Å². The van der Waals surface area contributed by atoms with Crippen LogP contribution in [0.2, 0.25) is 0 Å². The third kappa shape index (κ3) is 5.50. The zero-order valence-corrected chi connectivity index (χ0v) is 21.6. The van der Waals surface area contributed by atoms with Crippen LogP contribution in [0, 0.1) is 11.3 Å². The van der Waals surface area contributed by atoms with Gasteiger partial charge in [-0.1, -0.05) is 24.3 Å². The molecule has 11 heteroatoms. The van der Waals surface area contributed by atoms with Gasteiger partial charge < -0.3 is 14.5 Å². The van der Waals surface area contributed by atoms with Gasteiger partial charge in [0, 0.05) is 61.5 Å². The normalized spacial score (nSPS) is 15.5. The molecular weight excluding hydrogens is 504 g/mol. The van der Waals surface area contributed by atoms with Crippen molar-refractivity contribution in [2.24, 2.45) is 0 Å². The van der Waals surface area contributed by atoms with Crippen molar-refractivity contribution in [3.63, 3.8) is 0 Å². The molecule has 0 spiro atoms. The van der Waals surface area contributed by atoms with Crippen LogP contribution in [0.25, 0.3) is 22.0 Å². The summed E-state index contributed by atoms with van der Waals surface area (Å²) in [6.07, 6.45) is 5.31. The number of benzene rings is 2. The third-order valence-electron chi connectivity index (χ3n) is 6.95. The maximum Gasteiger partial charge on any atom is 0.387 e. The maximum absolute atomic E-state index is 13.1. The summed E-state index contributed by atoms with van der Waals surface area (Å²) in [5.74, 6) is 0.708. The molecule has 0 saturated carbocycles. The number of ether oxygens (including phenoxy) is 1. The van der Waals surface area contributed by atoms with E-state index >= 15 is 0 Å². The summed E-state index contributed by atoms with van der Waals surface area (Å²) in [5.41, 5.74) is 3.58. The molecule has 5 rings (SSSR count). The standard InChI is InChI=1S/C28H27F2N7O2/c1-18-16-35(10-11-36(18)19(2)38)28-32-13-23(14-33-28)21-6-7-22-15-34-37(25(22)12-21)17-24-20(8-9-31)4-3-5-26(24)39-27(29)30/h3-7,12-15,18,27H,8,10-11,16-17H2,1-2H3. The summed E-state index contributed by atoms with van der Waals surface area (Å²) in [6.45, 7) is 2.74. The molecule has 2 aromatic carbocycles. The van der Waals surface area contributed by atoms with E-state index in [0.29, 0.717) is 36.7 Å². The number of hydrogen-bond donors (Lipinski definition) is 0. The Hall–Kier alpha value is -4.59. The molecule has 0 aliphatic carbocycles. The first-order valence-corrected chi connectivity index (χ1v) is 12.6. The molecule has 1 saturated heterocycles. The molecule has 4 aromatic rings. The van der Waals surface area contributed by atoms with Gasteiger partial charge in [0.15, 0.2) is 0 Å². The number of carbonyl (C=O) groups is 1. The smallest absolute Gasteiger partial charge is 0.387 e. The van der Waals surface area contributed by atoms with Gasteiger partial charge in [-0.2, -0.15) is 19.1 Å². The summed E-state index contributed by atoms with van der Waals surface area (Å²) in [5, 5.41) is 14.6. The Bertz CT molecular complexity index is 1530. The molecular formula is C28H27F2N7O2. The number of aromatic nitrogens is 4. The molecule has 1 fully saturated rings. The zero-order valence-electron chi connectivity index (χ0n) is 21.6. The molecule has 1 amide bonds. The van der Waals surface area contributed by atoms with Crippen molar-refractivity contribution in [1.29, 1.82) is 5.26 Å². The van der Waals surface area contributed by atoms with Crippen LogP contribution in [-0.4, -0.2) is 62.8 Å². The predicted octanol–water partition coefficient (Wildman–Crippen LogP) is 4.27. The molecule has 0 radical (unpaired) electrons. The lowest BCUT2D eigenvalue weighted by Crippen LogP contribution is -2.53. The molecule has 1 atom stereocenters. The molecule has 0 bridgehead atoms. The molecule has 1 unspecified atom stereocenters. The minimum Gasteiger partial charge on any atom is -0.434 e. The lowest BCUT2D eigenvalue weighted by molar-refractivity contribution is -0.131. The van der Waals surface area contributed by atoms with Crippen LogP contribution in [0.15, 0.2) is 55.0 Å². The number of halogens is 2. The summed E-state index contributed by atoms with van der Waals surface area (Å²) >= 11 is 0. The monoisotopic (exact) mass is 531 g/mol. The second-order valence-electron chi connectivity index (χ2n) is 9.46. The Morgan fingerprint density at radius 3 is 2.64 bits per heavy atom. The molecule has 200 valence electrons. The lowest BCUT2D eigenvalue weighted by Gasteiger charge is -2.39. The summed E-state index contributed by atoms with van der Waals surface area (Å²) in [4.78, 5) is 24.9. The van der Waals surface area contributed by atoms with Gasteiger partial charge in [-0.05, 0) is 30.2 Å². The fourth-order valence-corrected chi connectivity index (χ4v) is 5.01. The number of alkyl halides is 2. The van der Waals surface area contributed by atoms with Gasteiger partial charge in [-0.15, -0.1) is 0 Å². The molecule has 3 heterocycles. The Morgan fingerprint density at radius 2 is 1.95 bits per heavy atom. The minimum absolute atomic E-state index is 0.0278. The van der Waals surface area contributed by atoms with Gasteiger partial charge in [0.25, 0.3) is 0 Å². The van der Waals surface area contributed by atoms with E-state index in [4.69, 9.17) is 4.74 Å². The summed E-state index contributed by atoms with van der Waals surface area (Å²) < 4.78 is 32.6. The Kier molecular flexibility index (Phi) is 7.36. The van der Waals surface area contributed by atoms with Crippen molar-refractivity contribution in [2.75, 3.05) is 24.5 Å². The largest absolute Gasteiger partial charge is 0.434 e. The van der Waals surface area contributed by atoms with Crippen LogP contribution in [0.4, 0.5) is 14.7 Å². The van der Waals surface area contributed by atoms with Crippen molar-refractivity contribution in [1.82, 2.24) is 24.6 Å². The van der Waals surface area contributed by atoms with Crippen LogP contribution < -0.4 is 9.64 Å². The van der Waals surface area contributed by atoms with E-state index in [1.807, 2.05) is 30.0 Å². The van der Waals surface area contributed by atoms with Crippen LogP contribution >= 0.6 is 0 Å². The van der Waals surface area contributed by atoms with Gasteiger partial charge in [-0.3, -0.25) is 9.48 Å². The lowest BCUT2D eigenvalue weighted by atomic mass is 10.0. The SMILES string of the molecule is CC(=O)N1CCN(c2ncc(-c3ccc4cnn(Cc5c(CC#N)cccc5OC(F)F)c4c3)cn2)CC1C. The Labute approximate surface area is 224 Å². The highest BCUT2D eigenvalue weighted by atomic mass is 19.3. The number of piperazine rings is 1. The first-order valence-electron chi connectivity index (χ1n) is 12.6. The van der Waals surface area contributed by atoms with Crippen LogP contribution in [0.1, 0.15) is 25.0 Å². The van der Waals surface area contributed by atoms with E-state index in [1.54, 1.807) is 42.3 Å². The van der Waals surface area contributed by atoms with Gasteiger partial charge >= 0.3 is 6.61 Å².